The molecule has 0 aliphatic heterocycles. The summed E-state index contributed by atoms with van der Waals surface area (Å²) in [6.45, 7) is 0.0935. The molecule has 0 saturated heterocycles. The topological polar surface area (TPSA) is 58.2 Å². The number of unbranched alkanes of at least 4 members (excludes halogenated alkanes) is 1. The summed E-state index contributed by atoms with van der Waals surface area (Å²) in [5, 5.41) is 5.38. The Morgan fingerprint density at radius 3 is 2.53 bits per heavy atom. The van der Waals surface area contributed by atoms with Gasteiger partial charge < -0.3 is 10.6 Å². The van der Waals surface area contributed by atoms with Crippen LogP contribution in [0.1, 0.15) is 32.1 Å². The van der Waals surface area contributed by atoms with Gasteiger partial charge in [0.1, 0.15) is 0 Å². The van der Waals surface area contributed by atoms with E-state index in [-0.39, 0.29) is 18.4 Å². The molecule has 0 radical (unpaired) electrons. The predicted octanol–water partition coefficient (Wildman–Crippen LogP) is 0.790. The highest BCUT2D eigenvalue weighted by molar-refractivity contribution is 6.17. The van der Waals surface area contributed by atoms with Crippen LogP contribution in [0.3, 0.4) is 0 Å². The molecule has 0 aromatic rings. The van der Waals surface area contributed by atoms with E-state index in [1.54, 1.807) is 0 Å². The van der Waals surface area contributed by atoms with E-state index in [1.165, 1.54) is 0 Å². The average Bonchev–Trinajstić information content (AvgIpc) is 2.99. The van der Waals surface area contributed by atoms with E-state index in [0.29, 0.717) is 18.3 Å². The van der Waals surface area contributed by atoms with Gasteiger partial charge in [0.25, 0.3) is 0 Å². The van der Waals surface area contributed by atoms with Gasteiger partial charge in [0.15, 0.2) is 0 Å². The third-order valence-corrected chi connectivity index (χ3v) is 2.44. The molecule has 0 aromatic carbocycles. The van der Waals surface area contributed by atoms with Gasteiger partial charge in [-0.2, -0.15) is 0 Å². The molecule has 2 N–H and O–H groups in total. The van der Waals surface area contributed by atoms with E-state index in [9.17, 15) is 9.59 Å². The Hall–Kier alpha value is -0.770. The maximum atomic E-state index is 11.2. The van der Waals surface area contributed by atoms with Crippen LogP contribution in [-0.2, 0) is 9.59 Å². The molecule has 1 fully saturated rings. The minimum atomic E-state index is -0.0943. The molecule has 0 bridgehead atoms. The lowest BCUT2D eigenvalue weighted by atomic mass is 10.2. The quantitative estimate of drug-likeness (QED) is 0.504. The van der Waals surface area contributed by atoms with Crippen molar-refractivity contribution >= 4 is 23.4 Å². The van der Waals surface area contributed by atoms with Crippen LogP contribution in [0.15, 0.2) is 0 Å². The highest BCUT2D eigenvalue weighted by Crippen LogP contribution is 2.18. The Morgan fingerprint density at radius 1 is 1.20 bits per heavy atom. The minimum absolute atomic E-state index is 0.0777. The number of hydrogen-bond acceptors (Lipinski definition) is 2. The molecule has 0 spiro atoms. The lowest BCUT2D eigenvalue weighted by Crippen LogP contribution is -2.37. The van der Waals surface area contributed by atoms with Crippen molar-refractivity contribution in [3.8, 4) is 0 Å². The molecule has 2 amide bonds. The number of carbonyl (C=O) groups is 2. The normalized spacial score (nSPS) is 14.7. The number of carbonyl (C=O) groups excluding carboxylic acids is 2. The second kappa shape index (κ2) is 6.67. The summed E-state index contributed by atoms with van der Waals surface area (Å²) in [5.41, 5.74) is 0. The van der Waals surface area contributed by atoms with E-state index < -0.39 is 0 Å². The SMILES string of the molecule is O=C(CCCCCl)NCC(=O)NC1CC1. The summed E-state index contributed by atoms with van der Waals surface area (Å²) in [6.07, 6.45) is 4.19. The van der Waals surface area contributed by atoms with Crippen molar-refractivity contribution in [2.75, 3.05) is 12.4 Å². The largest absolute Gasteiger partial charge is 0.352 e. The van der Waals surface area contributed by atoms with Crippen molar-refractivity contribution in [1.29, 1.82) is 0 Å². The van der Waals surface area contributed by atoms with Crippen molar-refractivity contribution < 1.29 is 9.59 Å². The molecule has 86 valence electrons. The molecule has 1 aliphatic rings. The maximum absolute atomic E-state index is 11.2. The molecule has 0 aromatic heterocycles. The van der Waals surface area contributed by atoms with Gasteiger partial charge in [0.2, 0.25) is 11.8 Å². The van der Waals surface area contributed by atoms with Gasteiger partial charge in [-0.15, -0.1) is 11.6 Å². The molecule has 1 aliphatic carbocycles. The summed E-state index contributed by atoms with van der Waals surface area (Å²) in [5.74, 6) is 0.407. The van der Waals surface area contributed by atoms with Crippen molar-refractivity contribution in [2.24, 2.45) is 0 Å². The lowest BCUT2D eigenvalue weighted by molar-refractivity contribution is -0.126. The molecular formula is C10H17ClN2O2. The summed E-state index contributed by atoms with van der Waals surface area (Å²) in [7, 11) is 0. The van der Waals surface area contributed by atoms with E-state index in [1.807, 2.05) is 0 Å². The fourth-order valence-electron chi connectivity index (χ4n) is 1.15. The molecule has 1 saturated carbocycles. The average molecular weight is 233 g/mol. The first-order valence-electron chi connectivity index (χ1n) is 5.34. The summed E-state index contributed by atoms with van der Waals surface area (Å²) < 4.78 is 0. The predicted molar refractivity (Wildman–Crippen MR) is 58.7 cm³/mol. The zero-order valence-electron chi connectivity index (χ0n) is 8.72. The number of rotatable bonds is 7. The second-order valence-electron chi connectivity index (χ2n) is 3.76. The second-order valence-corrected chi connectivity index (χ2v) is 4.14. The third kappa shape index (κ3) is 6.33. The summed E-state index contributed by atoms with van der Waals surface area (Å²) >= 11 is 5.48. The molecule has 15 heavy (non-hydrogen) atoms. The lowest BCUT2D eigenvalue weighted by Gasteiger charge is -2.05. The van der Waals surface area contributed by atoms with Gasteiger partial charge in [-0.25, -0.2) is 0 Å². The van der Waals surface area contributed by atoms with Crippen LogP contribution in [-0.4, -0.2) is 30.3 Å². The molecule has 4 nitrogen and oxygen atoms in total. The van der Waals surface area contributed by atoms with Crippen LogP contribution in [0.25, 0.3) is 0 Å². The fourth-order valence-corrected chi connectivity index (χ4v) is 1.34. The van der Waals surface area contributed by atoms with Crippen LogP contribution in [0.4, 0.5) is 0 Å². The van der Waals surface area contributed by atoms with Crippen molar-refractivity contribution in [1.82, 2.24) is 10.6 Å². The van der Waals surface area contributed by atoms with Crippen LogP contribution < -0.4 is 10.6 Å². The fraction of sp³-hybridized carbons (Fsp3) is 0.800. The highest BCUT2D eigenvalue weighted by Gasteiger charge is 2.22. The van der Waals surface area contributed by atoms with Crippen LogP contribution in [0, 0.1) is 0 Å². The standard InChI is InChI=1S/C10H17ClN2O2/c11-6-2-1-3-9(14)12-7-10(15)13-8-4-5-8/h8H,1-7H2,(H,12,14)(H,13,15). The molecule has 1 rings (SSSR count). The van der Waals surface area contributed by atoms with Gasteiger partial charge in [0.05, 0.1) is 6.54 Å². The van der Waals surface area contributed by atoms with Crippen molar-refractivity contribution in [3.05, 3.63) is 0 Å². The van der Waals surface area contributed by atoms with Crippen molar-refractivity contribution in [2.45, 2.75) is 38.1 Å². The van der Waals surface area contributed by atoms with Gasteiger partial charge in [-0.3, -0.25) is 9.59 Å². The van der Waals surface area contributed by atoms with E-state index in [4.69, 9.17) is 11.6 Å². The molecule has 0 unspecified atom stereocenters. The first-order valence-corrected chi connectivity index (χ1v) is 5.88. The summed E-state index contributed by atoms with van der Waals surface area (Å²) in [4.78, 5) is 22.4. The Labute approximate surface area is 94.7 Å². The third-order valence-electron chi connectivity index (χ3n) is 2.18. The number of hydrogen-bond donors (Lipinski definition) is 2. The number of halogens is 1. The maximum Gasteiger partial charge on any atom is 0.239 e. The van der Waals surface area contributed by atoms with Crippen LogP contribution >= 0.6 is 11.6 Å². The Kier molecular flexibility index (Phi) is 5.47. The monoisotopic (exact) mass is 232 g/mol. The van der Waals surface area contributed by atoms with E-state index >= 15 is 0 Å². The first kappa shape index (κ1) is 12.3. The smallest absolute Gasteiger partial charge is 0.239 e. The Balaban J connectivity index is 1.97. The van der Waals surface area contributed by atoms with Crippen LogP contribution in [0.5, 0.6) is 0 Å². The van der Waals surface area contributed by atoms with E-state index in [2.05, 4.69) is 10.6 Å². The Bertz CT molecular complexity index is 229. The zero-order chi connectivity index (χ0) is 11.1. The van der Waals surface area contributed by atoms with Gasteiger partial charge in [-0.1, -0.05) is 0 Å². The number of nitrogens with one attached hydrogen (secondary N) is 2. The minimum Gasteiger partial charge on any atom is -0.352 e. The molecule has 5 heteroatoms. The van der Waals surface area contributed by atoms with Crippen LogP contribution in [0.2, 0.25) is 0 Å². The number of amides is 2. The number of alkyl halides is 1. The molecule has 0 atom stereocenters. The van der Waals surface area contributed by atoms with Gasteiger partial charge in [-0.05, 0) is 25.7 Å². The highest BCUT2D eigenvalue weighted by atomic mass is 35.5. The first-order chi connectivity index (χ1) is 7.22. The van der Waals surface area contributed by atoms with Crippen molar-refractivity contribution in [3.63, 3.8) is 0 Å². The summed E-state index contributed by atoms with van der Waals surface area (Å²) in [6, 6.07) is 0.352. The molecular weight excluding hydrogens is 216 g/mol. The zero-order valence-corrected chi connectivity index (χ0v) is 9.48. The van der Waals surface area contributed by atoms with Gasteiger partial charge >= 0.3 is 0 Å². The van der Waals surface area contributed by atoms with Gasteiger partial charge in [0, 0.05) is 18.3 Å². The van der Waals surface area contributed by atoms with E-state index in [0.717, 1.165) is 25.7 Å². The Morgan fingerprint density at radius 2 is 1.93 bits per heavy atom. The molecule has 0 heterocycles.